The third-order valence-electron chi connectivity index (χ3n) is 2.75. The van der Waals surface area contributed by atoms with Crippen LogP contribution in [0, 0.1) is 6.92 Å². The Morgan fingerprint density at radius 2 is 1.45 bits per heavy atom. The van der Waals surface area contributed by atoms with Gasteiger partial charge in [0.15, 0.2) is 0 Å². The minimum absolute atomic E-state index is 0.278. The lowest BCUT2D eigenvalue weighted by atomic mass is 9.88. The van der Waals surface area contributed by atoms with Gasteiger partial charge in [-0.15, -0.1) is 0 Å². The number of hydrogen-bond acceptors (Lipinski definition) is 1. The zero-order valence-corrected chi connectivity index (χ0v) is 8.21. The predicted octanol–water partition coefficient (Wildman–Crippen LogP) is 3.62. The fourth-order valence-electron chi connectivity index (χ4n) is 1.81. The van der Waals surface area contributed by atoms with Crippen molar-refractivity contribution in [3.8, 4) is 0 Å². The molecule has 0 aromatic carbocycles. The molecule has 0 saturated heterocycles. The SMILES string of the molecule is [CH2]CC1(S)CCCCCCC1. The molecule has 1 aliphatic carbocycles. The van der Waals surface area contributed by atoms with Gasteiger partial charge in [-0.2, -0.15) is 12.6 Å². The van der Waals surface area contributed by atoms with Crippen molar-refractivity contribution in [2.75, 3.05) is 0 Å². The highest BCUT2D eigenvalue weighted by molar-refractivity contribution is 7.81. The van der Waals surface area contributed by atoms with Crippen LogP contribution >= 0.6 is 12.6 Å². The van der Waals surface area contributed by atoms with E-state index in [9.17, 15) is 0 Å². The van der Waals surface area contributed by atoms with E-state index < -0.39 is 0 Å². The van der Waals surface area contributed by atoms with E-state index in [1.807, 2.05) is 0 Å². The van der Waals surface area contributed by atoms with Crippen molar-refractivity contribution in [2.45, 2.75) is 56.1 Å². The highest BCUT2D eigenvalue weighted by atomic mass is 32.1. The summed E-state index contributed by atoms with van der Waals surface area (Å²) in [4.78, 5) is 0. The summed E-state index contributed by atoms with van der Waals surface area (Å²) in [6.07, 6.45) is 10.5. The molecule has 65 valence electrons. The Morgan fingerprint density at radius 1 is 1.00 bits per heavy atom. The summed E-state index contributed by atoms with van der Waals surface area (Å²) in [7, 11) is 0. The smallest absolute Gasteiger partial charge is 0.0130 e. The summed E-state index contributed by atoms with van der Waals surface area (Å²) >= 11 is 4.70. The fraction of sp³-hybridized carbons (Fsp3) is 0.900. The van der Waals surface area contributed by atoms with Gasteiger partial charge in [0.2, 0.25) is 0 Å². The summed E-state index contributed by atoms with van der Waals surface area (Å²) in [5, 5.41) is 0. The monoisotopic (exact) mass is 171 g/mol. The van der Waals surface area contributed by atoms with Gasteiger partial charge in [0.05, 0.1) is 0 Å². The van der Waals surface area contributed by atoms with Crippen molar-refractivity contribution in [3.63, 3.8) is 0 Å². The average molecular weight is 171 g/mol. The molecule has 1 saturated carbocycles. The molecule has 1 heteroatoms. The maximum atomic E-state index is 4.70. The van der Waals surface area contributed by atoms with Gasteiger partial charge in [-0.05, 0) is 19.3 Å². The molecule has 0 atom stereocenters. The fourth-order valence-corrected chi connectivity index (χ4v) is 2.13. The first-order valence-electron chi connectivity index (χ1n) is 4.78. The molecule has 0 unspecified atom stereocenters. The van der Waals surface area contributed by atoms with Crippen LogP contribution in [-0.4, -0.2) is 4.75 Å². The van der Waals surface area contributed by atoms with E-state index >= 15 is 0 Å². The van der Waals surface area contributed by atoms with Crippen molar-refractivity contribution in [1.82, 2.24) is 0 Å². The Labute approximate surface area is 76.2 Å². The highest BCUT2D eigenvalue weighted by Gasteiger charge is 2.23. The Bertz CT molecular complexity index is 101. The van der Waals surface area contributed by atoms with E-state index in [1.54, 1.807) is 0 Å². The van der Waals surface area contributed by atoms with E-state index in [-0.39, 0.29) is 4.75 Å². The lowest BCUT2D eigenvalue weighted by Gasteiger charge is -2.28. The topological polar surface area (TPSA) is 0 Å². The molecule has 1 aliphatic rings. The Hall–Kier alpha value is 0.350. The number of thiol groups is 1. The largest absolute Gasteiger partial charge is 0.173 e. The first kappa shape index (κ1) is 9.44. The third-order valence-corrected chi connectivity index (χ3v) is 3.42. The van der Waals surface area contributed by atoms with E-state index in [0.29, 0.717) is 0 Å². The molecule has 0 heterocycles. The number of rotatable bonds is 1. The minimum Gasteiger partial charge on any atom is -0.173 e. The molecule has 1 fully saturated rings. The van der Waals surface area contributed by atoms with Crippen LogP contribution in [0.15, 0.2) is 0 Å². The van der Waals surface area contributed by atoms with Crippen LogP contribution in [0.4, 0.5) is 0 Å². The van der Waals surface area contributed by atoms with E-state index in [0.717, 1.165) is 6.42 Å². The van der Waals surface area contributed by atoms with Crippen molar-refractivity contribution >= 4 is 12.6 Å². The molecular weight excluding hydrogens is 152 g/mol. The number of hydrogen-bond donors (Lipinski definition) is 1. The van der Waals surface area contributed by atoms with Crippen LogP contribution in [0.3, 0.4) is 0 Å². The Balaban J connectivity index is 2.37. The molecule has 0 spiro atoms. The molecule has 1 rings (SSSR count). The Kier molecular flexibility index (Phi) is 3.77. The van der Waals surface area contributed by atoms with Gasteiger partial charge >= 0.3 is 0 Å². The van der Waals surface area contributed by atoms with Gasteiger partial charge in [0.1, 0.15) is 0 Å². The minimum atomic E-state index is 0.278. The molecule has 0 aromatic heterocycles. The van der Waals surface area contributed by atoms with Gasteiger partial charge in [-0.3, -0.25) is 0 Å². The zero-order chi connectivity index (χ0) is 8.16. The third kappa shape index (κ3) is 3.06. The summed E-state index contributed by atoms with van der Waals surface area (Å²) in [6.45, 7) is 3.98. The standard InChI is InChI=1S/C10H19S/c1-2-10(11)8-6-4-3-5-7-9-10/h11H,1-9H2. The maximum Gasteiger partial charge on any atom is 0.0130 e. The lowest BCUT2D eigenvalue weighted by molar-refractivity contribution is 0.418. The van der Waals surface area contributed by atoms with Crippen LogP contribution < -0.4 is 0 Å². The quantitative estimate of drug-likeness (QED) is 0.572. The van der Waals surface area contributed by atoms with Crippen molar-refractivity contribution in [1.29, 1.82) is 0 Å². The zero-order valence-electron chi connectivity index (χ0n) is 7.31. The molecule has 0 amide bonds. The molecular formula is C10H19S. The normalized spacial score (nSPS) is 25.6. The summed E-state index contributed by atoms with van der Waals surface area (Å²) in [6, 6.07) is 0. The molecule has 0 aromatic rings. The van der Waals surface area contributed by atoms with Gasteiger partial charge in [-0.1, -0.05) is 39.0 Å². The van der Waals surface area contributed by atoms with E-state index in [4.69, 9.17) is 12.6 Å². The molecule has 0 N–H and O–H groups in total. The second kappa shape index (κ2) is 4.39. The Morgan fingerprint density at radius 3 is 1.91 bits per heavy atom. The van der Waals surface area contributed by atoms with Crippen LogP contribution in [0.2, 0.25) is 0 Å². The van der Waals surface area contributed by atoms with Gasteiger partial charge in [0, 0.05) is 4.75 Å². The van der Waals surface area contributed by atoms with Crippen molar-refractivity contribution in [3.05, 3.63) is 6.92 Å². The van der Waals surface area contributed by atoms with E-state index in [2.05, 4.69) is 6.92 Å². The van der Waals surface area contributed by atoms with Crippen LogP contribution in [-0.2, 0) is 0 Å². The molecule has 1 radical (unpaired) electrons. The van der Waals surface area contributed by atoms with Crippen molar-refractivity contribution < 1.29 is 0 Å². The lowest BCUT2D eigenvalue weighted by Crippen LogP contribution is -2.21. The second-order valence-corrected chi connectivity index (χ2v) is 4.69. The van der Waals surface area contributed by atoms with Crippen LogP contribution in [0.25, 0.3) is 0 Å². The molecule has 0 bridgehead atoms. The summed E-state index contributed by atoms with van der Waals surface area (Å²) < 4.78 is 0.278. The summed E-state index contributed by atoms with van der Waals surface area (Å²) in [5.41, 5.74) is 0. The van der Waals surface area contributed by atoms with Gasteiger partial charge < -0.3 is 0 Å². The second-order valence-electron chi connectivity index (χ2n) is 3.74. The predicted molar refractivity (Wildman–Crippen MR) is 54.0 cm³/mol. The van der Waals surface area contributed by atoms with E-state index in [1.165, 1.54) is 44.9 Å². The van der Waals surface area contributed by atoms with Gasteiger partial charge in [-0.25, -0.2) is 0 Å². The first-order valence-corrected chi connectivity index (χ1v) is 5.23. The highest BCUT2D eigenvalue weighted by Crippen LogP contribution is 2.33. The van der Waals surface area contributed by atoms with Crippen LogP contribution in [0.1, 0.15) is 51.4 Å². The first-order chi connectivity index (χ1) is 5.27. The van der Waals surface area contributed by atoms with Crippen LogP contribution in [0.5, 0.6) is 0 Å². The van der Waals surface area contributed by atoms with Gasteiger partial charge in [0.25, 0.3) is 0 Å². The van der Waals surface area contributed by atoms with Crippen molar-refractivity contribution in [2.24, 2.45) is 0 Å². The molecule has 0 nitrogen and oxygen atoms in total. The maximum absolute atomic E-state index is 4.70. The molecule has 11 heavy (non-hydrogen) atoms. The summed E-state index contributed by atoms with van der Waals surface area (Å²) in [5.74, 6) is 0. The molecule has 0 aliphatic heterocycles. The average Bonchev–Trinajstić information content (AvgIpc) is 1.98.